The SMILES string of the molecule is CCOc1[nH+]c(N)c(C#N)c(-c2ccc(OC)cc2OC)c1C#N. The maximum absolute atomic E-state index is 9.60. The van der Waals surface area contributed by atoms with E-state index in [-0.39, 0.29) is 22.8 Å². The molecule has 0 unspecified atom stereocenters. The van der Waals surface area contributed by atoms with Crippen LogP contribution in [-0.4, -0.2) is 20.8 Å². The molecule has 2 aromatic rings. The second-order valence-electron chi connectivity index (χ2n) is 4.72. The minimum atomic E-state index is 0.118. The Kier molecular flexibility index (Phi) is 5.08. The van der Waals surface area contributed by atoms with Gasteiger partial charge in [-0.3, -0.25) is 5.73 Å². The zero-order chi connectivity index (χ0) is 17.7. The van der Waals surface area contributed by atoms with E-state index >= 15 is 0 Å². The molecule has 2 rings (SSSR count). The molecule has 1 aromatic heterocycles. The number of nitrogens with one attached hydrogen (secondary N) is 1. The first-order chi connectivity index (χ1) is 11.6. The van der Waals surface area contributed by atoms with Gasteiger partial charge in [0.05, 0.1) is 20.8 Å². The number of ether oxygens (including phenoxy) is 3. The summed E-state index contributed by atoms with van der Waals surface area (Å²) in [4.78, 5) is 2.76. The molecule has 0 atom stereocenters. The third-order valence-electron chi connectivity index (χ3n) is 3.43. The predicted octanol–water partition coefficient (Wildman–Crippen LogP) is 1.91. The summed E-state index contributed by atoms with van der Waals surface area (Å²) in [6.07, 6.45) is 0. The van der Waals surface area contributed by atoms with Gasteiger partial charge in [-0.2, -0.15) is 10.5 Å². The number of hydrogen-bond donors (Lipinski definition) is 1. The van der Waals surface area contributed by atoms with Crippen molar-refractivity contribution >= 4 is 5.82 Å². The predicted molar refractivity (Wildman–Crippen MR) is 86.5 cm³/mol. The van der Waals surface area contributed by atoms with E-state index in [1.165, 1.54) is 7.11 Å². The molecule has 0 aliphatic carbocycles. The number of H-pyrrole nitrogens is 1. The lowest BCUT2D eigenvalue weighted by molar-refractivity contribution is -0.377. The number of nitrogens with two attached hydrogens (primary N) is 1. The highest BCUT2D eigenvalue weighted by atomic mass is 16.5. The normalized spacial score (nSPS) is 9.71. The molecule has 0 fully saturated rings. The number of nitrogens with zero attached hydrogens (tertiary/aromatic N) is 2. The quantitative estimate of drug-likeness (QED) is 0.897. The van der Waals surface area contributed by atoms with Crippen molar-refractivity contribution in [2.45, 2.75) is 6.92 Å². The van der Waals surface area contributed by atoms with E-state index in [1.807, 2.05) is 6.07 Å². The number of benzene rings is 1. The number of anilines is 1. The lowest BCUT2D eigenvalue weighted by atomic mass is 9.95. The lowest BCUT2D eigenvalue weighted by Gasteiger charge is -2.14. The van der Waals surface area contributed by atoms with E-state index in [2.05, 4.69) is 11.1 Å². The van der Waals surface area contributed by atoms with Crippen LogP contribution in [0, 0.1) is 22.7 Å². The van der Waals surface area contributed by atoms with Crippen LogP contribution < -0.4 is 24.9 Å². The van der Waals surface area contributed by atoms with Gasteiger partial charge in [-0.05, 0) is 19.1 Å². The third kappa shape index (κ3) is 2.88. The summed E-state index contributed by atoms with van der Waals surface area (Å²) in [5, 5.41) is 19.1. The molecule has 1 heterocycles. The van der Waals surface area contributed by atoms with Gasteiger partial charge in [0.15, 0.2) is 5.56 Å². The van der Waals surface area contributed by atoms with Gasteiger partial charge >= 0.3 is 5.88 Å². The number of hydrogen-bond acceptors (Lipinski definition) is 6. The smallest absolute Gasteiger partial charge is 0.301 e. The Morgan fingerprint density at radius 3 is 2.38 bits per heavy atom. The molecule has 0 amide bonds. The molecular weight excluding hydrogens is 308 g/mol. The van der Waals surface area contributed by atoms with Gasteiger partial charge in [0.1, 0.15) is 29.2 Å². The number of aromatic nitrogens is 1. The summed E-state index contributed by atoms with van der Waals surface area (Å²) in [6.45, 7) is 2.13. The molecule has 122 valence electrons. The van der Waals surface area contributed by atoms with Crippen LogP contribution in [0.2, 0.25) is 0 Å². The highest BCUT2D eigenvalue weighted by Crippen LogP contribution is 2.39. The van der Waals surface area contributed by atoms with Crippen molar-refractivity contribution in [2.75, 3.05) is 26.6 Å². The van der Waals surface area contributed by atoms with Crippen molar-refractivity contribution < 1.29 is 19.2 Å². The van der Waals surface area contributed by atoms with Gasteiger partial charge in [0.25, 0.3) is 5.82 Å². The largest absolute Gasteiger partial charge is 0.497 e. The second kappa shape index (κ2) is 7.21. The van der Waals surface area contributed by atoms with Crippen LogP contribution in [0.5, 0.6) is 17.4 Å². The Bertz CT molecular complexity index is 850. The van der Waals surface area contributed by atoms with Crippen LogP contribution in [-0.2, 0) is 0 Å². The Morgan fingerprint density at radius 2 is 1.83 bits per heavy atom. The van der Waals surface area contributed by atoms with Gasteiger partial charge in [0.2, 0.25) is 0 Å². The van der Waals surface area contributed by atoms with Crippen LogP contribution in [0.1, 0.15) is 18.1 Å². The Balaban J connectivity index is 2.87. The number of methoxy groups -OCH3 is 2. The van der Waals surface area contributed by atoms with Gasteiger partial charge in [-0.1, -0.05) is 0 Å². The minimum absolute atomic E-state index is 0.118. The fourth-order valence-corrected chi connectivity index (χ4v) is 2.37. The first-order valence-corrected chi connectivity index (χ1v) is 7.15. The van der Waals surface area contributed by atoms with Crippen LogP contribution >= 0.6 is 0 Å². The lowest BCUT2D eigenvalue weighted by Crippen LogP contribution is -2.19. The molecule has 0 radical (unpaired) electrons. The molecule has 0 aliphatic heterocycles. The van der Waals surface area contributed by atoms with Crippen molar-refractivity contribution in [3.63, 3.8) is 0 Å². The molecule has 24 heavy (non-hydrogen) atoms. The molecule has 0 aliphatic rings. The summed E-state index contributed by atoms with van der Waals surface area (Å²) in [5.41, 5.74) is 7.19. The van der Waals surface area contributed by atoms with Crippen LogP contribution in [0.4, 0.5) is 5.82 Å². The molecule has 0 saturated carbocycles. The number of rotatable bonds is 5. The van der Waals surface area contributed by atoms with Gasteiger partial charge in [0, 0.05) is 17.2 Å². The van der Waals surface area contributed by atoms with Crippen LogP contribution in [0.25, 0.3) is 11.1 Å². The molecule has 0 spiro atoms. The Hall–Kier alpha value is -3.45. The standard InChI is InChI=1S/C17H16N4O3/c1-4-24-17-13(9-19)15(12(8-18)16(20)21-17)11-6-5-10(22-2)7-14(11)23-3/h5-7H,4H2,1-3H3,(H2,20,21)/p+1. The third-order valence-corrected chi connectivity index (χ3v) is 3.43. The first kappa shape index (κ1) is 16.9. The molecule has 0 bridgehead atoms. The van der Waals surface area contributed by atoms with E-state index in [0.29, 0.717) is 29.2 Å². The number of pyridine rings is 1. The van der Waals surface area contributed by atoms with Crippen molar-refractivity contribution in [2.24, 2.45) is 0 Å². The minimum Gasteiger partial charge on any atom is -0.497 e. The number of nitriles is 2. The average Bonchev–Trinajstić information content (AvgIpc) is 2.61. The van der Waals surface area contributed by atoms with Gasteiger partial charge in [-0.25, -0.2) is 4.98 Å². The Morgan fingerprint density at radius 1 is 1.12 bits per heavy atom. The molecule has 7 heteroatoms. The maximum atomic E-state index is 9.60. The number of aromatic amines is 1. The van der Waals surface area contributed by atoms with E-state index < -0.39 is 0 Å². The zero-order valence-electron chi connectivity index (χ0n) is 13.6. The summed E-state index contributed by atoms with van der Waals surface area (Å²) in [7, 11) is 3.04. The summed E-state index contributed by atoms with van der Waals surface area (Å²) in [5.74, 6) is 1.38. The molecule has 3 N–H and O–H groups in total. The van der Waals surface area contributed by atoms with E-state index in [4.69, 9.17) is 19.9 Å². The van der Waals surface area contributed by atoms with Crippen molar-refractivity contribution in [1.29, 1.82) is 10.5 Å². The molecule has 7 nitrogen and oxygen atoms in total. The van der Waals surface area contributed by atoms with Crippen molar-refractivity contribution in [1.82, 2.24) is 0 Å². The van der Waals surface area contributed by atoms with Gasteiger partial charge < -0.3 is 14.2 Å². The fourth-order valence-electron chi connectivity index (χ4n) is 2.37. The highest BCUT2D eigenvalue weighted by molar-refractivity contribution is 5.84. The van der Waals surface area contributed by atoms with Crippen LogP contribution in [0.3, 0.4) is 0 Å². The highest BCUT2D eigenvalue weighted by Gasteiger charge is 2.26. The molecule has 0 saturated heterocycles. The van der Waals surface area contributed by atoms with Crippen molar-refractivity contribution in [3.8, 4) is 40.6 Å². The average molecular weight is 325 g/mol. The summed E-state index contributed by atoms with van der Waals surface area (Å²) in [6, 6.07) is 9.22. The molecular formula is C17H17N4O3+. The zero-order valence-corrected chi connectivity index (χ0v) is 13.6. The Labute approximate surface area is 139 Å². The van der Waals surface area contributed by atoms with E-state index in [1.54, 1.807) is 32.2 Å². The maximum Gasteiger partial charge on any atom is 0.301 e. The molecule has 1 aromatic carbocycles. The first-order valence-electron chi connectivity index (χ1n) is 7.15. The monoisotopic (exact) mass is 325 g/mol. The summed E-state index contributed by atoms with van der Waals surface area (Å²) < 4.78 is 16.0. The van der Waals surface area contributed by atoms with E-state index in [0.717, 1.165) is 0 Å². The fraction of sp³-hybridized carbons (Fsp3) is 0.235. The van der Waals surface area contributed by atoms with Crippen LogP contribution in [0.15, 0.2) is 18.2 Å². The second-order valence-corrected chi connectivity index (χ2v) is 4.72. The van der Waals surface area contributed by atoms with Gasteiger partial charge in [-0.15, -0.1) is 0 Å². The number of nitrogen functional groups attached to an aromatic ring is 1. The van der Waals surface area contributed by atoms with E-state index in [9.17, 15) is 10.5 Å². The topological polar surface area (TPSA) is 115 Å². The summed E-state index contributed by atoms with van der Waals surface area (Å²) >= 11 is 0. The van der Waals surface area contributed by atoms with Crippen molar-refractivity contribution in [3.05, 3.63) is 29.3 Å².